The summed E-state index contributed by atoms with van der Waals surface area (Å²) in [4.78, 5) is 34.4. The van der Waals surface area contributed by atoms with E-state index in [-0.39, 0.29) is 28.3 Å². The molecular weight excluding hydrogens is 414 g/mol. The largest absolute Gasteiger partial charge is 0.455 e. The topological polar surface area (TPSA) is 166 Å². The number of nitrogens with two attached hydrogens (primary N) is 1. The number of aromatic nitrogens is 4. The molecule has 11 nitrogen and oxygen atoms in total. The van der Waals surface area contributed by atoms with Crippen LogP contribution in [0.15, 0.2) is 9.53 Å². The summed E-state index contributed by atoms with van der Waals surface area (Å²) in [6, 6.07) is 0. The number of nitrogen functional groups attached to an aromatic ring is 1. The summed E-state index contributed by atoms with van der Waals surface area (Å²) in [7, 11) is 0. The number of aromatic amines is 1. The number of carbonyl (C=O) groups excluding carboxylic acids is 1. The van der Waals surface area contributed by atoms with Gasteiger partial charge in [0.1, 0.15) is 12.2 Å². The minimum absolute atomic E-state index is 0.00440. The highest BCUT2D eigenvalue weighted by molar-refractivity contribution is 9.10. The summed E-state index contributed by atoms with van der Waals surface area (Å²) in [6.45, 7) is 1.33. The average molecular weight is 432 g/mol. The number of carbonyl (C=O) groups is 1. The zero-order valence-corrected chi connectivity index (χ0v) is 15.3. The fraction of sp³-hybridized carbons (Fsp3) is 0.571. The first-order valence-corrected chi connectivity index (χ1v) is 8.73. The molecule has 0 bridgehead atoms. The second-order valence-corrected chi connectivity index (χ2v) is 6.53. The van der Waals surface area contributed by atoms with Crippen LogP contribution in [0.3, 0.4) is 0 Å². The number of fused-ring (bicyclic) bond motifs is 1. The van der Waals surface area contributed by atoms with Crippen molar-refractivity contribution in [1.29, 1.82) is 0 Å². The van der Waals surface area contributed by atoms with E-state index in [1.165, 1.54) is 4.57 Å². The maximum absolute atomic E-state index is 12.0. The molecule has 0 saturated carbocycles. The minimum Gasteiger partial charge on any atom is -0.455 e. The van der Waals surface area contributed by atoms with Crippen LogP contribution in [0.4, 0.5) is 5.95 Å². The number of H-pyrrole nitrogens is 1. The van der Waals surface area contributed by atoms with Gasteiger partial charge in [0.05, 0.1) is 6.61 Å². The number of nitrogens with one attached hydrogen (secondary N) is 1. The van der Waals surface area contributed by atoms with Gasteiger partial charge in [0, 0.05) is 6.42 Å². The number of aliphatic hydroxyl groups is 2. The molecule has 5 N–H and O–H groups in total. The number of ether oxygens (including phenoxy) is 2. The molecule has 0 aliphatic carbocycles. The van der Waals surface area contributed by atoms with Crippen molar-refractivity contribution in [2.75, 3.05) is 12.3 Å². The molecule has 1 aliphatic rings. The normalized spacial score (nSPS) is 25.7. The van der Waals surface area contributed by atoms with E-state index in [2.05, 4.69) is 30.9 Å². The Kier molecular flexibility index (Phi) is 5.27. The Hall–Kier alpha value is -2.02. The molecule has 0 aromatic carbocycles. The summed E-state index contributed by atoms with van der Waals surface area (Å²) in [5.41, 5.74) is 5.13. The third-order valence-corrected chi connectivity index (χ3v) is 4.55. The van der Waals surface area contributed by atoms with Gasteiger partial charge in [-0.05, 0) is 22.4 Å². The van der Waals surface area contributed by atoms with Crippen molar-refractivity contribution in [1.82, 2.24) is 19.5 Å². The predicted molar refractivity (Wildman–Crippen MR) is 92.1 cm³/mol. The van der Waals surface area contributed by atoms with E-state index in [0.29, 0.717) is 6.42 Å². The fourth-order valence-electron chi connectivity index (χ4n) is 2.82. The Balaban J connectivity index is 2.08. The van der Waals surface area contributed by atoms with Gasteiger partial charge in [-0.15, -0.1) is 0 Å². The van der Waals surface area contributed by atoms with Gasteiger partial charge in [-0.25, -0.2) is 4.98 Å². The van der Waals surface area contributed by atoms with Crippen LogP contribution < -0.4 is 11.3 Å². The van der Waals surface area contributed by atoms with Crippen LogP contribution in [-0.4, -0.2) is 60.6 Å². The van der Waals surface area contributed by atoms with Crippen LogP contribution >= 0.6 is 15.9 Å². The van der Waals surface area contributed by atoms with Gasteiger partial charge in [0.15, 0.2) is 28.2 Å². The second kappa shape index (κ2) is 7.31. The highest BCUT2D eigenvalue weighted by Gasteiger charge is 2.48. The molecule has 4 atom stereocenters. The third kappa shape index (κ3) is 3.20. The van der Waals surface area contributed by atoms with Crippen LogP contribution in [0.25, 0.3) is 11.2 Å². The molecule has 2 aromatic heterocycles. The Morgan fingerprint density at radius 2 is 2.23 bits per heavy atom. The lowest BCUT2D eigenvalue weighted by Crippen LogP contribution is -2.37. The maximum atomic E-state index is 12.0. The number of hydrogen-bond acceptors (Lipinski definition) is 9. The van der Waals surface area contributed by atoms with Crippen LogP contribution in [0.2, 0.25) is 0 Å². The quantitative estimate of drug-likeness (QED) is 0.357. The Morgan fingerprint density at radius 1 is 1.50 bits per heavy atom. The minimum atomic E-state index is -1.27. The summed E-state index contributed by atoms with van der Waals surface area (Å²) in [6.07, 6.45) is -3.70. The fourth-order valence-corrected chi connectivity index (χ4v) is 3.37. The first-order valence-electron chi connectivity index (χ1n) is 7.94. The van der Waals surface area contributed by atoms with Gasteiger partial charge >= 0.3 is 5.97 Å². The molecule has 1 fully saturated rings. The maximum Gasteiger partial charge on any atom is 0.306 e. The molecule has 3 heterocycles. The highest BCUT2D eigenvalue weighted by atomic mass is 79.9. The Bertz CT molecular complexity index is 883. The van der Waals surface area contributed by atoms with E-state index < -0.39 is 42.7 Å². The monoisotopic (exact) mass is 431 g/mol. The number of nitrogens with zero attached hydrogens (tertiary/aromatic N) is 3. The van der Waals surface area contributed by atoms with Gasteiger partial charge < -0.3 is 25.4 Å². The molecule has 2 unspecified atom stereocenters. The SMILES string of the molecule is CCCC(=O)OC1C(O)[C@@H](CO)O[C@H]1n1c(Br)nc2c(=O)[nH]c(N)nc21. The van der Waals surface area contributed by atoms with E-state index >= 15 is 0 Å². The zero-order valence-electron chi connectivity index (χ0n) is 13.8. The van der Waals surface area contributed by atoms with Crippen LogP contribution in [0, 0.1) is 0 Å². The van der Waals surface area contributed by atoms with E-state index in [1.807, 2.05) is 6.92 Å². The van der Waals surface area contributed by atoms with Gasteiger partial charge in [-0.3, -0.25) is 19.1 Å². The van der Waals surface area contributed by atoms with Crippen LogP contribution in [0.5, 0.6) is 0 Å². The molecule has 142 valence electrons. The van der Waals surface area contributed by atoms with Crippen LogP contribution in [-0.2, 0) is 14.3 Å². The number of imidazole rings is 1. The number of anilines is 1. The third-order valence-electron chi connectivity index (χ3n) is 3.99. The smallest absolute Gasteiger partial charge is 0.306 e. The van der Waals surface area contributed by atoms with Crippen molar-refractivity contribution >= 4 is 39.0 Å². The molecule has 3 rings (SSSR count). The predicted octanol–water partition coefficient (Wildman–Crippen LogP) is -0.573. The number of esters is 1. The molecule has 1 aliphatic heterocycles. The molecule has 0 spiro atoms. The van der Waals surface area contributed by atoms with E-state index in [4.69, 9.17) is 15.2 Å². The summed E-state index contributed by atoms with van der Waals surface area (Å²) < 4.78 is 12.5. The first kappa shape index (κ1) is 18.8. The molecular formula is C14H18BrN5O6. The lowest BCUT2D eigenvalue weighted by molar-refractivity contribution is -0.158. The number of halogens is 1. The first-order chi connectivity index (χ1) is 12.4. The van der Waals surface area contributed by atoms with Gasteiger partial charge in [0.25, 0.3) is 5.56 Å². The van der Waals surface area contributed by atoms with E-state index in [1.54, 1.807) is 0 Å². The number of hydrogen-bond donors (Lipinski definition) is 4. The lowest BCUT2D eigenvalue weighted by atomic mass is 10.1. The lowest BCUT2D eigenvalue weighted by Gasteiger charge is -2.22. The van der Waals surface area contributed by atoms with Crippen molar-refractivity contribution in [2.24, 2.45) is 0 Å². The standard InChI is InChI=1S/C14H18BrN5O6/c1-2-3-6(22)26-9-8(23)5(4-21)25-12(9)20-10-7(17-13(20)15)11(24)19-14(16)18-10/h5,8-9,12,21,23H,2-4H2,1H3,(H3,16,18,19,24)/t5-,8?,9?,12-/m1/s1. The molecule has 2 aromatic rings. The van der Waals surface area contributed by atoms with Crippen LogP contribution in [0.1, 0.15) is 26.0 Å². The molecule has 26 heavy (non-hydrogen) atoms. The van der Waals surface area contributed by atoms with Gasteiger partial charge in [0.2, 0.25) is 5.95 Å². The second-order valence-electron chi connectivity index (χ2n) is 5.82. The molecule has 0 amide bonds. The molecule has 12 heteroatoms. The summed E-state index contributed by atoms with van der Waals surface area (Å²) in [5.74, 6) is -0.650. The zero-order chi connectivity index (χ0) is 19.0. The van der Waals surface area contributed by atoms with Gasteiger partial charge in [-0.2, -0.15) is 4.98 Å². The van der Waals surface area contributed by atoms with Gasteiger partial charge in [-0.1, -0.05) is 6.92 Å². The molecule has 1 saturated heterocycles. The number of aliphatic hydroxyl groups excluding tert-OH is 2. The number of rotatable bonds is 5. The Labute approximate surface area is 155 Å². The van der Waals surface area contributed by atoms with Crippen molar-refractivity contribution in [3.05, 3.63) is 15.1 Å². The highest BCUT2D eigenvalue weighted by Crippen LogP contribution is 2.36. The van der Waals surface area contributed by atoms with Crippen molar-refractivity contribution < 1.29 is 24.5 Å². The molecule has 0 radical (unpaired) electrons. The Morgan fingerprint density at radius 3 is 2.88 bits per heavy atom. The van der Waals surface area contributed by atoms with Crippen molar-refractivity contribution in [2.45, 2.75) is 44.3 Å². The van der Waals surface area contributed by atoms with E-state index in [0.717, 1.165) is 0 Å². The van der Waals surface area contributed by atoms with Crippen molar-refractivity contribution in [3.63, 3.8) is 0 Å². The van der Waals surface area contributed by atoms with E-state index in [9.17, 15) is 19.8 Å². The average Bonchev–Trinajstić information content (AvgIpc) is 3.05. The summed E-state index contributed by atoms with van der Waals surface area (Å²) in [5, 5.41) is 19.8. The summed E-state index contributed by atoms with van der Waals surface area (Å²) >= 11 is 3.22. The van der Waals surface area contributed by atoms with Crippen molar-refractivity contribution in [3.8, 4) is 0 Å².